The second kappa shape index (κ2) is 15.1. The van der Waals surface area contributed by atoms with Gasteiger partial charge in [-0.3, -0.25) is 0 Å². The molecule has 0 fully saturated rings. The zero-order valence-corrected chi connectivity index (χ0v) is 26.3. The summed E-state index contributed by atoms with van der Waals surface area (Å²) in [5.74, 6) is 0.864. The molecule has 0 saturated heterocycles. The first-order valence-electron chi connectivity index (χ1n) is 15.2. The van der Waals surface area contributed by atoms with Gasteiger partial charge in [0.25, 0.3) is 0 Å². The molecule has 0 amide bonds. The van der Waals surface area contributed by atoms with Crippen LogP contribution in [-0.2, 0) is 0 Å². The highest BCUT2D eigenvalue weighted by Gasteiger charge is 2.27. The lowest BCUT2D eigenvalue weighted by atomic mass is 9.87. The van der Waals surface area contributed by atoms with Crippen LogP contribution in [0.3, 0.4) is 0 Å². The van der Waals surface area contributed by atoms with Crippen molar-refractivity contribution in [3.63, 3.8) is 0 Å². The van der Waals surface area contributed by atoms with Crippen LogP contribution in [0.4, 0.5) is 0 Å². The molecule has 0 N–H and O–H groups in total. The highest BCUT2D eigenvalue weighted by Crippen LogP contribution is 2.46. The predicted octanol–water partition coefficient (Wildman–Crippen LogP) is 9.21. The molecule has 6 rings (SSSR count). The molecule has 0 radical (unpaired) electrons. The monoisotopic (exact) mass is 592 g/mol. The Morgan fingerprint density at radius 1 is 0.302 bits per heavy atom. The Kier molecular flexibility index (Phi) is 10.3. The van der Waals surface area contributed by atoms with Crippen molar-refractivity contribution in [2.75, 3.05) is 12.3 Å². The SMILES string of the molecule is c1ccc(C(CC(CP(c2ccccc2)c2ccccc2)c2ccccc2)CP(c2ccccc2)c2ccccc2)cc1. The summed E-state index contributed by atoms with van der Waals surface area (Å²) in [6, 6.07) is 67.4. The average Bonchev–Trinajstić information content (AvgIpc) is 3.10. The van der Waals surface area contributed by atoms with Crippen LogP contribution >= 0.6 is 15.8 Å². The van der Waals surface area contributed by atoms with Crippen LogP contribution in [0.1, 0.15) is 29.4 Å². The highest BCUT2D eigenvalue weighted by molar-refractivity contribution is 7.73. The van der Waals surface area contributed by atoms with Gasteiger partial charge in [0.2, 0.25) is 0 Å². The standard InChI is InChI=1S/C41H38P2/c1-7-19-34(20-8-1)36(32-42(38-23-11-3-12-24-38)39-25-13-4-14-26-39)31-37(35-21-9-2-10-22-35)33-43(40-27-15-5-16-28-40)41-29-17-6-18-30-41/h1-30,36-37H,31-33H2. The van der Waals surface area contributed by atoms with E-state index in [1.54, 1.807) is 0 Å². The van der Waals surface area contributed by atoms with Crippen molar-refractivity contribution in [3.8, 4) is 0 Å². The molecule has 0 aliphatic rings. The third-order valence-electron chi connectivity index (χ3n) is 8.19. The summed E-state index contributed by atoms with van der Waals surface area (Å²) in [5.41, 5.74) is 2.90. The smallest absolute Gasteiger partial charge is 0.0111 e. The third kappa shape index (κ3) is 7.77. The lowest BCUT2D eigenvalue weighted by Crippen LogP contribution is -2.22. The van der Waals surface area contributed by atoms with Crippen molar-refractivity contribution in [1.29, 1.82) is 0 Å². The van der Waals surface area contributed by atoms with Crippen LogP contribution in [0.15, 0.2) is 182 Å². The average molecular weight is 593 g/mol. The van der Waals surface area contributed by atoms with Gasteiger partial charge in [-0.25, -0.2) is 0 Å². The van der Waals surface area contributed by atoms with Crippen LogP contribution in [0.25, 0.3) is 0 Å². The van der Waals surface area contributed by atoms with Crippen LogP contribution in [-0.4, -0.2) is 12.3 Å². The molecule has 2 heteroatoms. The fourth-order valence-electron chi connectivity index (χ4n) is 6.02. The van der Waals surface area contributed by atoms with E-state index in [0.717, 1.165) is 18.7 Å². The van der Waals surface area contributed by atoms with Crippen LogP contribution in [0, 0.1) is 0 Å². The van der Waals surface area contributed by atoms with E-state index in [4.69, 9.17) is 0 Å². The number of rotatable bonds is 12. The Morgan fingerprint density at radius 3 is 0.791 bits per heavy atom. The number of benzene rings is 6. The van der Waals surface area contributed by atoms with E-state index in [0.29, 0.717) is 11.8 Å². The minimum absolute atomic E-state index is 0.432. The van der Waals surface area contributed by atoms with E-state index in [1.807, 2.05) is 0 Å². The summed E-state index contributed by atoms with van der Waals surface area (Å²) >= 11 is 0. The first-order valence-corrected chi connectivity index (χ1v) is 18.3. The van der Waals surface area contributed by atoms with Crippen molar-refractivity contribution in [3.05, 3.63) is 193 Å². The minimum atomic E-state index is -0.516. The lowest BCUT2D eigenvalue weighted by Gasteiger charge is -2.31. The summed E-state index contributed by atoms with van der Waals surface area (Å²) < 4.78 is 0. The van der Waals surface area contributed by atoms with Crippen LogP contribution in [0.2, 0.25) is 0 Å². The lowest BCUT2D eigenvalue weighted by molar-refractivity contribution is 0.602. The summed E-state index contributed by atoms with van der Waals surface area (Å²) in [6.45, 7) is 0. The Bertz CT molecular complexity index is 1420. The molecular formula is C41H38P2. The Hall–Kier alpha value is -3.82. The first kappa shape index (κ1) is 29.3. The molecule has 0 saturated carbocycles. The van der Waals surface area contributed by atoms with Gasteiger partial charge in [0.1, 0.15) is 0 Å². The summed E-state index contributed by atoms with van der Waals surface area (Å²) in [6.07, 6.45) is 3.38. The van der Waals surface area contributed by atoms with Crippen molar-refractivity contribution >= 4 is 37.1 Å². The maximum Gasteiger partial charge on any atom is -0.0111 e. The molecule has 0 bridgehead atoms. The van der Waals surface area contributed by atoms with Gasteiger partial charge >= 0.3 is 0 Å². The molecule has 0 aliphatic heterocycles. The van der Waals surface area contributed by atoms with Crippen molar-refractivity contribution in [2.24, 2.45) is 0 Å². The second-order valence-corrected chi connectivity index (χ2v) is 15.5. The van der Waals surface area contributed by atoms with Crippen molar-refractivity contribution in [1.82, 2.24) is 0 Å². The molecule has 0 aromatic heterocycles. The third-order valence-corrected chi connectivity index (χ3v) is 13.5. The number of hydrogen-bond donors (Lipinski definition) is 0. The van der Waals surface area contributed by atoms with E-state index in [2.05, 4.69) is 182 Å². The Labute approximate surface area is 260 Å². The first-order chi connectivity index (χ1) is 21.3. The molecule has 6 aromatic carbocycles. The van der Waals surface area contributed by atoms with Gasteiger partial charge in [-0.1, -0.05) is 182 Å². The van der Waals surface area contributed by atoms with E-state index in [9.17, 15) is 0 Å². The maximum absolute atomic E-state index is 2.35. The molecule has 212 valence electrons. The zero-order valence-electron chi connectivity index (χ0n) is 24.5. The normalized spacial score (nSPS) is 12.7. The van der Waals surface area contributed by atoms with Gasteiger partial charge < -0.3 is 0 Å². The van der Waals surface area contributed by atoms with E-state index >= 15 is 0 Å². The largest absolute Gasteiger partial charge is 0.0622 e. The van der Waals surface area contributed by atoms with Gasteiger partial charge in [0, 0.05) is 0 Å². The quantitative estimate of drug-likeness (QED) is 0.124. The second-order valence-electron chi connectivity index (χ2n) is 11.0. The van der Waals surface area contributed by atoms with Gasteiger partial charge in [-0.2, -0.15) is 0 Å². The van der Waals surface area contributed by atoms with E-state index in [-0.39, 0.29) is 0 Å². The van der Waals surface area contributed by atoms with E-state index < -0.39 is 15.8 Å². The summed E-state index contributed by atoms with van der Waals surface area (Å²) in [5, 5.41) is 5.82. The molecule has 0 heterocycles. The van der Waals surface area contributed by atoms with Crippen LogP contribution in [0.5, 0.6) is 0 Å². The summed E-state index contributed by atoms with van der Waals surface area (Å²) in [7, 11) is -1.03. The Morgan fingerprint density at radius 2 is 0.535 bits per heavy atom. The molecule has 6 aromatic rings. The fraction of sp³-hybridized carbons (Fsp3) is 0.122. The predicted molar refractivity (Wildman–Crippen MR) is 191 cm³/mol. The van der Waals surface area contributed by atoms with E-state index in [1.165, 1.54) is 32.3 Å². The number of hydrogen-bond acceptors (Lipinski definition) is 0. The van der Waals surface area contributed by atoms with Crippen molar-refractivity contribution in [2.45, 2.75) is 18.3 Å². The van der Waals surface area contributed by atoms with Gasteiger partial charge in [-0.15, -0.1) is 0 Å². The van der Waals surface area contributed by atoms with Crippen molar-refractivity contribution < 1.29 is 0 Å². The van der Waals surface area contributed by atoms with Gasteiger partial charge in [0.15, 0.2) is 0 Å². The molecule has 2 unspecified atom stereocenters. The summed E-state index contributed by atoms with van der Waals surface area (Å²) in [4.78, 5) is 0. The molecule has 0 aliphatic carbocycles. The molecule has 2 atom stereocenters. The zero-order chi connectivity index (χ0) is 29.1. The highest BCUT2D eigenvalue weighted by atomic mass is 31.1. The maximum atomic E-state index is 2.35. The Balaban J connectivity index is 1.40. The molecule has 0 nitrogen and oxygen atoms in total. The van der Waals surface area contributed by atoms with Crippen LogP contribution < -0.4 is 21.2 Å². The van der Waals surface area contributed by atoms with Gasteiger partial charge in [0.05, 0.1) is 0 Å². The fourth-order valence-corrected chi connectivity index (χ4v) is 11.2. The van der Waals surface area contributed by atoms with Gasteiger partial charge in [-0.05, 0) is 78.8 Å². The molecule has 43 heavy (non-hydrogen) atoms. The topological polar surface area (TPSA) is 0 Å². The minimum Gasteiger partial charge on any atom is -0.0622 e. The molecule has 0 spiro atoms. The molecular weight excluding hydrogens is 554 g/mol.